The van der Waals surface area contributed by atoms with Crippen LogP contribution in [-0.2, 0) is 16.1 Å². The van der Waals surface area contributed by atoms with Gasteiger partial charge in [0.1, 0.15) is 11.9 Å². The van der Waals surface area contributed by atoms with Gasteiger partial charge in [-0.1, -0.05) is 32.1 Å². The van der Waals surface area contributed by atoms with E-state index in [1.807, 2.05) is 30.3 Å². The van der Waals surface area contributed by atoms with E-state index >= 15 is 0 Å². The highest BCUT2D eigenvalue weighted by atomic mass is 16.6. The van der Waals surface area contributed by atoms with Crippen LogP contribution in [0.15, 0.2) is 36.9 Å². The molecule has 0 radical (unpaired) electrons. The van der Waals surface area contributed by atoms with Crippen LogP contribution in [-0.4, -0.2) is 25.9 Å². The maximum Gasteiger partial charge on any atom is 0.118 e. The zero-order chi connectivity index (χ0) is 15.2. The van der Waals surface area contributed by atoms with Gasteiger partial charge < -0.3 is 14.2 Å². The van der Waals surface area contributed by atoms with E-state index in [1.165, 1.54) is 0 Å². The Balaban J connectivity index is 1.65. The second kappa shape index (κ2) is 7.62. The molecule has 116 valence electrons. The number of hydrogen-bond donors (Lipinski definition) is 0. The molecule has 0 bridgehead atoms. The van der Waals surface area contributed by atoms with Gasteiger partial charge in [0.05, 0.1) is 26.4 Å². The van der Waals surface area contributed by atoms with Gasteiger partial charge in [-0.15, -0.1) is 6.58 Å². The first-order valence-electron chi connectivity index (χ1n) is 7.62. The SMILES string of the molecule is C=C[C@@H](C)C[C@@H](C)[C@H]1O[C@@H]1COCc1ccc(OC)cc1. The average Bonchev–Trinajstić information content (AvgIpc) is 3.27. The standard InChI is InChI=1S/C18H26O3/c1-5-13(2)10-14(3)18-17(21-18)12-20-11-15-6-8-16(19-4)9-7-15/h5-9,13-14,17-18H,1,10-12H2,2-4H3/t13-,14-,17-,18-/m1/s1. The summed E-state index contributed by atoms with van der Waals surface area (Å²) >= 11 is 0. The van der Waals surface area contributed by atoms with Crippen LogP contribution in [0, 0.1) is 11.8 Å². The average molecular weight is 290 g/mol. The Morgan fingerprint density at radius 2 is 2.00 bits per heavy atom. The Hall–Kier alpha value is -1.32. The van der Waals surface area contributed by atoms with Crippen molar-refractivity contribution in [2.24, 2.45) is 11.8 Å². The fraction of sp³-hybridized carbons (Fsp3) is 0.556. The van der Waals surface area contributed by atoms with Gasteiger partial charge in [-0.05, 0) is 36.0 Å². The number of methoxy groups -OCH3 is 1. The minimum Gasteiger partial charge on any atom is -0.497 e. The van der Waals surface area contributed by atoms with Gasteiger partial charge in [0, 0.05) is 0 Å². The molecule has 0 saturated carbocycles. The molecule has 1 aliphatic heterocycles. The molecule has 1 fully saturated rings. The summed E-state index contributed by atoms with van der Waals surface area (Å²) in [7, 11) is 1.67. The van der Waals surface area contributed by atoms with Crippen LogP contribution in [0.25, 0.3) is 0 Å². The summed E-state index contributed by atoms with van der Waals surface area (Å²) in [4.78, 5) is 0. The Morgan fingerprint density at radius 1 is 1.29 bits per heavy atom. The minimum absolute atomic E-state index is 0.260. The van der Waals surface area contributed by atoms with Crippen molar-refractivity contribution in [3.05, 3.63) is 42.5 Å². The van der Waals surface area contributed by atoms with Crippen molar-refractivity contribution in [2.75, 3.05) is 13.7 Å². The predicted molar refractivity (Wildman–Crippen MR) is 84.5 cm³/mol. The second-order valence-corrected chi connectivity index (χ2v) is 5.93. The zero-order valence-electron chi connectivity index (χ0n) is 13.2. The Morgan fingerprint density at radius 3 is 2.62 bits per heavy atom. The molecular formula is C18H26O3. The molecule has 2 rings (SSSR count). The molecule has 1 aliphatic rings. The van der Waals surface area contributed by atoms with Gasteiger partial charge in [-0.25, -0.2) is 0 Å². The van der Waals surface area contributed by atoms with Crippen LogP contribution >= 0.6 is 0 Å². The smallest absolute Gasteiger partial charge is 0.118 e. The number of benzene rings is 1. The highest BCUT2D eigenvalue weighted by molar-refractivity contribution is 5.26. The summed E-state index contributed by atoms with van der Waals surface area (Å²) in [5, 5.41) is 0. The normalized spacial score (nSPS) is 23.4. The van der Waals surface area contributed by atoms with Crippen molar-refractivity contribution in [3.63, 3.8) is 0 Å². The van der Waals surface area contributed by atoms with Crippen molar-refractivity contribution in [1.82, 2.24) is 0 Å². The maximum atomic E-state index is 5.74. The molecule has 0 aliphatic carbocycles. The first kappa shape index (κ1) is 16.1. The highest BCUT2D eigenvalue weighted by Crippen LogP contribution is 2.33. The van der Waals surface area contributed by atoms with E-state index in [4.69, 9.17) is 14.2 Å². The van der Waals surface area contributed by atoms with Gasteiger partial charge in [-0.2, -0.15) is 0 Å². The van der Waals surface area contributed by atoms with Crippen LogP contribution in [0.2, 0.25) is 0 Å². The molecule has 3 heteroatoms. The molecule has 21 heavy (non-hydrogen) atoms. The number of ether oxygens (including phenoxy) is 3. The lowest BCUT2D eigenvalue weighted by molar-refractivity contribution is 0.104. The van der Waals surface area contributed by atoms with E-state index in [0.29, 0.717) is 31.2 Å². The molecule has 0 aromatic heterocycles. The molecule has 0 amide bonds. The summed E-state index contributed by atoms with van der Waals surface area (Å²) in [6.07, 6.45) is 3.75. The summed E-state index contributed by atoms with van der Waals surface area (Å²) in [6.45, 7) is 9.56. The van der Waals surface area contributed by atoms with Gasteiger partial charge in [0.2, 0.25) is 0 Å². The van der Waals surface area contributed by atoms with Crippen LogP contribution in [0.1, 0.15) is 25.8 Å². The van der Waals surface area contributed by atoms with Gasteiger partial charge >= 0.3 is 0 Å². The molecule has 3 nitrogen and oxygen atoms in total. The van der Waals surface area contributed by atoms with Crippen LogP contribution in [0.5, 0.6) is 5.75 Å². The molecule has 0 N–H and O–H groups in total. The van der Waals surface area contributed by atoms with Crippen LogP contribution < -0.4 is 4.74 Å². The van der Waals surface area contributed by atoms with Crippen molar-refractivity contribution in [2.45, 2.75) is 39.1 Å². The Kier molecular flexibility index (Phi) is 5.83. The maximum absolute atomic E-state index is 5.74. The van der Waals surface area contributed by atoms with Crippen molar-refractivity contribution < 1.29 is 14.2 Å². The first-order valence-corrected chi connectivity index (χ1v) is 7.62. The lowest BCUT2D eigenvalue weighted by Gasteiger charge is -2.11. The lowest BCUT2D eigenvalue weighted by Crippen LogP contribution is -2.13. The largest absolute Gasteiger partial charge is 0.497 e. The predicted octanol–water partition coefficient (Wildman–Crippen LogP) is 3.83. The van der Waals surface area contributed by atoms with Crippen LogP contribution in [0.4, 0.5) is 0 Å². The highest BCUT2D eigenvalue weighted by Gasteiger charge is 2.42. The fourth-order valence-corrected chi connectivity index (χ4v) is 2.62. The van der Waals surface area contributed by atoms with E-state index in [-0.39, 0.29) is 6.10 Å². The summed E-state index contributed by atoms with van der Waals surface area (Å²) in [5.74, 6) is 1.98. The van der Waals surface area contributed by atoms with Gasteiger partial charge in [0.25, 0.3) is 0 Å². The van der Waals surface area contributed by atoms with E-state index in [1.54, 1.807) is 7.11 Å². The third kappa shape index (κ3) is 4.87. The van der Waals surface area contributed by atoms with Crippen LogP contribution in [0.3, 0.4) is 0 Å². The molecule has 1 aromatic rings. The first-order chi connectivity index (χ1) is 10.1. The topological polar surface area (TPSA) is 31.0 Å². The third-order valence-electron chi connectivity index (χ3n) is 4.04. The molecular weight excluding hydrogens is 264 g/mol. The van der Waals surface area contributed by atoms with E-state index in [9.17, 15) is 0 Å². The molecule has 1 aromatic carbocycles. The monoisotopic (exact) mass is 290 g/mol. The number of epoxide rings is 1. The van der Waals surface area contributed by atoms with E-state index in [2.05, 4.69) is 20.4 Å². The van der Waals surface area contributed by atoms with Crippen molar-refractivity contribution >= 4 is 0 Å². The van der Waals surface area contributed by atoms with E-state index in [0.717, 1.165) is 17.7 Å². The summed E-state index contributed by atoms with van der Waals surface area (Å²) in [5.41, 5.74) is 1.15. The third-order valence-corrected chi connectivity index (χ3v) is 4.04. The molecule has 0 spiro atoms. The quantitative estimate of drug-likeness (QED) is 0.511. The van der Waals surface area contributed by atoms with Gasteiger partial charge in [0.15, 0.2) is 0 Å². The number of hydrogen-bond acceptors (Lipinski definition) is 3. The second-order valence-electron chi connectivity index (χ2n) is 5.93. The van der Waals surface area contributed by atoms with Crippen molar-refractivity contribution in [1.29, 1.82) is 0 Å². The van der Waals surface area contributed by atoms with Gasteiger partial charge in [-0.3, -0.25) is 0 Å². The fourth-order valence-electron chi connectivity index (χ4n) is 2.62. The molecule has 1 heterocycles. The molecule has 1 saturated heterocycles. The number of allylic oxidation sites excluding steroid dienone is 1. The lowest BCUT2D eigenvalue weighted by atomic mass is 9.93. The zero-order valence-corrected chi connectivity index (χ0v) is 13.2. The van der Waals surface area contributed by atoms with Crippen molar-refractivity contribution in [3.8, 4) is 5.75 Å². The van der Waals surface area contributed by atoms with E-state index < -0.39 is 0 Å². The Labute approximate surface area is 127 Å². The summed E-state index contributed by atoms with van der Waals surface area (Å²) in [6, 6.07) is 7.96. The molecule has 0 unspecified atom stereocenters. The Bertz CT molecular complexity index is 440. The number of rotatable bonds is 9. The summed E-state index contributed by atoms with van der Waals surface area (Å²) < 4.78 is 16.6. The molecule has 4 atom stereocenters. The minimum atomic E-state index is 0.260.